The molecule has 1 aromatic carbocycles. The molecule has 0 atom stereocenters. The highest BCUT2D eigenvalue weighted by Gasteiger charge is 2.42. The fourth-order valence-corrected chi connectivity index (χ4v) is 3.55. The zero-order valence-electron chi connectivity index (χ0n) is 19.1. The number of benzene rings is 1. The van der Waals surface area contributed by atoms with Crippen molar-refractivity contribution in [3.63, 3.8) is 0 Å². The summed E-state index contributed by atoms with van der Waals surface area (Å²) in [6.07, 6.45) is 0. The second kappa shape index (κ2) is 11.0. The van der Waals surface area contributed by atoms with Crippen LogP contribution < -0.4 is 5.32 Å². The molecule has 11 heteroatoms. The topological polar surface area (TPSA) is 130 Å². The van der Waals surface area contributed by atoms with Gasteiger partial charge in [0.25, 0.3) is 5.89 Å². The minimum atomic E-state index is -1.35. The number of hydrogen-bond donors (Lipinski definition) is 1. The number of allylic oxidation sites excluding steroid dienone is 2. The largest absolute Gasteiger partial charge is 0.463 e. The van der Waals surface area contributed by atoms with Gasteiger partial charge in [0.1, 0.15) is 5.92 Å². The van der Waals surface area contributed by atoms with Crippen molar-refractivity contribution in [1.29, 1.82) is 0 Å². The van der Waals surface area contributed by atoms with E-state index in [1.54, 1.807) is 52.0 Å². The van der Waals surface area contributed by atoms with Gasteiger partial charge in [-0.1, -0.05) is 11.6 Å². The van der Waals surface area contributed by atoms with E-state index in [2.05, 4.69) is 15.5 Å². The number of esters is 3. The quantitative estimate of drug-likeness (QED) is 0.435. The van der Waals surface area contributed by atoms with Gasteiger partial charge >= 0.3 is 17.9 Å². The Morgan fingerprint density at radius 2 is 1.50 bits per heavy atom. The van der Waals surface area contributed by atoms with Crippen molar-refractivity contribution in [1.82, 2.24) is 15.5 Å². The van der Waals surface area contributed by atoms with Gasteiger partial charge in [-0.2, -0.15) is 0 Å². The third-order valence-corrected chi connectivity index (χ3v) is 5.13. The molecule has 1 N–H and O–H groups in total. The van der Waals surface area contributed by atoms with E-state index < -0.39 is 23.8 Å². The van der Waals surface area contributed by atoms with Gasteiger partial charge in [0.15, 0.2) is 6.61 Å². The lowest BCUT2D eigenvalue weighted by Crippen LogP contribution is -2.38. The smallest absolute Gasteiger partial charge is 0.337 e. The molecule has 0 amide bonds. The van der Waals surface area contributed by atoms with E-state index in [1.807, 2.05) is 0 Å². The fraction of sp³-hybridized carbons (Fsp3) is 0.348. The maximum absolute atomic E-state index is 13.2. The maximum Gasteiger partial charge on any atom is 0.337 e. The first-order valence-electron chi connectivity index (χ1n) is 10.5. The van der Waals surface area contributed by atoms with Crippen molar-refractivity contribution in [2.24, 2.45) is 5.92 Å². The molecule has 10 nitrogen and oxygen atoms in total. The van der Waals surface area contributed by atoms with Crippen LogP contribution in [0.3, 0.4) is 0 Å². The number of rotatable bonds is 8. The molecule has 0 fully saturated rings. The predicted molar refractivity (Wildman–Crippen MR) is 120 cm³/mol. The van der Waals surface area contributed by atoms with Crippen molar-refractivity contribution in [3.05, 3.63) is 57.7 Å². The molecule has 0 saturated heterocycles. The Bertz CT molecular complexity index is 1110. The molecule has 0 unspecified atom stereocenters. The number of dihydropyridines is 1. The maximum atomic E-state index is 13.2. The fourth-order valence-electron chi connectivity index (χ4n) is 3.43. The van der Waals surface area contributed by atoms with Gasteiger partial charge in [0, 0.05) is 22.0 Å². The first kappa shape index (κ1) is 25.0. The Morgan fingerprint density at radius 3 is 2.03 bits per heavy atom. The standard InChI is InChI=1S/C23H24ClN3O7/c1-5-31-21(28)17-12(3)25-13(4)18(22(29)32-6-2)19(17)23(30)33-11-16-26-27-20(34-16)14-7-9-15(24)10-8-14/h7-10,19,25H,5-6,11H2,1-4H3. The molecule has 34 heavy (non-hydrogen) atoms. The molecule has 0 saturated carbocycles. The molecule has 0 spiro atoms. The SMILES string of the molecule is CCOC(=O)C1=C(C)NC(C)=C(C(=O)OCC)C1C(=O)OCc1nnc(-c2ccc(Cl)cc2)o1. The first-order chi connectivity index (χ1) is 16.3. The summed E-state index contributed by atoms with van der Waals surface area (Å²) >= 11 is 5.89. The zero-order chi connectivity index (χ0) is 24.8. The Morgan fingerprint density at radius 1 is 0.941 bits per heavy atom. The first-order valence-corrected chi connectivity index (χ1v) is 10.9. The summed E-state index contributed by atoms with van der Waals surface area (Å²) in [4.78, 5) is 38.5. The van der Waals surface area contributed by atoms with Crippen LogP contribution in [0.15, 0.2) is 51.2 Å². The number of carbonyl (C=O) groups is 3. The summed E-state index contributed by atoms with van der Waals surface area (Å²) in [6, 6.07) is 6.77. The predicted octanol–water partition coefficient (Wildman–Crippen LogP) is 3.33. The van der Waals surface area contributed by atoms with Crippen molar-refractivity contribution < 1.29 is 33.0 Å². The Hall–Kier alpha value is -3.66. The number of nitrogens with one attached hydrogen (secondary N) is 1. The van der Waals surface area contributed by atoms with Crippen LogP contribution in [0.5, 0.6) is 0 Å². The monoisotopic (exact) mass is 489 g/mol. The number of carbonyl (C=O) groups excluding carboxylic acids is 3. The Labute approximate surface area is 200 Å². The highest BCUT2D eigenvalue weighted by molar-refractivity contribution is 6.30. The van der Waals surface area contributed by atoms with Crippen molar-refractivity contribution in [2.45, 2.75) is 34.3 Å². The summed E-state index contributed by atoms with van der Waals surface area (Å²) in [7, 11) is 0. The van der Waals surface area contributed by atoms with Crippen LogP contribution in [0, 0.1) is 5.92 Å². The molecule has 0 radical (unpaired) electrons. The minimum Gasteiger partial charge on any atom is -0.463 e. The number of aromatic nitrogens is 2. The van der Waals surface area contributed by atoms with E-state index >= 15 is 0 Å². The van der Waals surface area contributed by atoms with Gasteiger partial charge < -0.3 is 23.9 Å². The van der Waals surface area contributed by atoms with Crippen LogP contribution in [0.25, 0.3) is 11.5 Å². The van der Waals surface area contributed by atoms with Gasteiger partial charge in [0.05, 0.1) is 24.4 Å². The highest BCUT2D eigenvalue weighted by atomic mass is 35.5. The summed E-state index contributed by atoms with van der Waals surface area (Å²) in [5.41, 5.74) is 1.31. The number of nitrogens with zero attached hydrogens (tertiary/aromatic N) is 2. The van der Waals surface area contributed by atoms with Crippen LogP contribution in [-0.4, -0.2) is 41.3 Å². The zero-order valence-corrected chi connectivity index (χ0v) is 19.9. The second-order valence-electron chi connectivity index (χ2n) is 7.19. The van der Waals surface area contributed by atoms with Crippen LogP contribution >= 0.6 is 11.6 Å². The van der Waals surface area contributed by atoms with Crippen molar-refractivity contribution in [2.75, 3.05) is 13.2 Å². The summed E-state index contributed by atoms with van der Waals surface area (Å²) in [5.74, 6) is -3.45. The molecule has 1 aliphatic rings. The summed E-state index contributed by atoms with van der Waals surface area (Å²) < 4.78 is 21.2. The van der Waals surface area contributed by atoms with E-state index in [0.29, 0.717) is 22.0 Å². The van der Waals surface area contributed by atoms with Crippen molar-refractivity contribution >= 4 is 29.5 Å². The Kier molecular flexibility index (Phi) is 8.06. The third kappa shape index (κ3) is 5.45. The van der Waals surface area contributed by atoms with Gasteiger partial charge in [-0.15, -0.1) is 10.2 Å². The number of hydrogen-bond acceptors (Lipinski definition) is 10. The van der Waals surface area contributed by atoms with Crippen LogP contribution in [0.2, 0.25) is 5.02 Å². The molecule has 1 aromatic heterocycles. The van der Waals surface area contributed by atoms with Crippen LogP contribution in [-0.2, 0) is 35.2 Å². The van der Waals surface area contributed by atoms with E-state index in [1.165, 1.54) is 0 Å². The summed E-state index contributed by atoms with van der Waals surface area (Å²) in [5, 5.41) is 11.3. The Balaban J connectivity index is 1.85. The third-order valence-electron chi connectivity index (χ3n) is 4.88. The molecular weight excluding hydrogens is 466 g/mol. The average Bonchev–Trinajstić information content (AvgIpc) is 3.26. The lowest BCUT2D eigenvalue weighted by Gasteiger charge is -2.28. The molecule has 0 bridgehead atoms. The van der Waals surface area contributed by atoms with E-state index in [4.69, 9.17) is 30.2 Å². The van der Waals surface area contributed by atoms with Gasteiger partial charge in [-0.3, -0.25) is 4.79 Å². The normalized spacial score (nSPS) is 14.0. The van der Waals surface area contributed by atoms with Crippen LogP contribution in [0.1, 0.15) is 33.6 Å². The van der Waals surface area contributed by atoms with Crippen LogP contribution in [0.4, 0.5) is 0 Å². The molecule has 180 valence electrons. The van der Waals surface area contributed by atoms with E-state index in [-0.39, 0.29) is 42.7 Å². The second-order valence-corrected chi connectivity index (χ2v) is 7.63. The van der Waals surface area contributed by atoms with Crippen molar-refractivity contribution in [3.8, 4) is 11.5 Å². The van der Waals surface area contributed by atoms with E-state index in [0.717, 1.165) is 0 Å². The highest BCUT2D eigenvalue weighted by Crippen LogP contribution is 2.33. The molecular formula is C23H24ClN3O7. The lowest BCUT2D eigenvalue weighted by atomic mass is 9.85. The minimum absolute atomic E-state index is 0.0315. The molecule has 2 heterocycles. The molecule has 1 aliphatic heterocycles. The van der Waals surface area contributed by atoms with E-state index in [9.17, 15) is 14.4 Å². The number of halogens is 1. The summed E-state index contributed by atoms with van der Waals surface area (Å²) in [6.45, 7) is 6.29. The molecule has 3 rings (SSSR count). The lowest BCUT2D eigenvalue weighted by molar-refractivity contribution is -0.153. The van der Waals surface area contributed by atoms with Gasteiger partial charge in [-0.25, -0.2) is 9.59 Å². The van der Waals surface area contributed by atoms with Gasteiger partial charge in [-0.05, 0) is 52.0 Å². The average molecular weight is 490 g/mol. The molecule has 2 aromatic rings. The van der Waals surface area contributed by atoms with Gasteiger partial charge in [0.2, 0.25) is 5.89 Å². The number of ether oxygens (including phenoxy) is 3. The molecule has 0 aliphatic carbocycles.